The molecule has 5 rings (SSSR count). The summed E-state index contributed by atoms with van der Waals surface area (Å²) < 4.78 is 19.6. The summed E-state index contributed by atoms with van der Waals surface area (Å²) in [5, 5.41) is 7.18. The second kappa shape index (κ2) is 9.72. The van der Waals surface area contributed by atoms with Gasteiger partial charge in [0.2, 0.25) is 0 Å². The number of ether oxygens (including phenoxy) is 1. The van der Waals surface area contributed by atoms with Gasteiger partial charge >= 0.3 is 0 Å². The number of para-hydroxylation sites is 3. The lowest BCUT2D eigenvalue weighted by Crippen LogP contribution is -2.27. The first-order chi connectivity index (χ1) is 16.6. The first kappa shape index (κ1) is 22.2. The smallest absolute Gasteiger partial charge is 0.163 e. The van der Waals surface area contributed by atoms with Crippen LogP contribution in [0, 0.1) is 5.82 Å². The Bertz CT molecular complexity index is 1220. The van der Waals surface area contributed by atoms with E-state index >= 15 is 0 Å². The minimum Gasteiger partial charge on any atom is -0.493 e. The van der Waals surface area contributed by atoms with Gasteiger partial charge in [0, 0.05) is 23.3 Å². The highest BCUT2D eigenvalue weighted by molar-refractivity contribution is 6.01. The maximum absolute atomic E-state index is 13.7. The summed E-state index contributed by atoms with van der Waals surface area (Å²) in [6.07, 6.45) is 3.10. The maximum Gasteiger partial charge on any atom is 0.163 e. The van der Waals surface area contributed by atoms with Gasteiger partial charge in [-0.05, 0) is 54.7 Å². The molecule has 2 aliphatic rings. The predicted octanol–water partition coefficient (Wildman–Crippen LogP) is 6.98. The van der Waals surface area contributed by atoms with Crippen molar-refractivity contribution in [2.75, 3.05) is 17.2 Å². The Morgan fingerprint density at radius 3 is 2.47 bits per heavy atom. The van der Waals surface area contributed by atoms with E-state index < -0.39 is 0 Å². The van der Waals surface area contributed by atoms with E-state index in [9.17, 15) is 9.18 Å². The summed E-state index contributed by atoms with van der Waals surface area (Å²) in [7, 11) is 0. The molecule has 2 atom stereocenters. The number of Topliss-reactive ketones (excluding diaryl/α,β-unsaturated/α-hetero) is 1. The van der Waals surface area contributed by atoms with Crippen molar-refractivity contribution in [1.82, 2.24) is 0 Å². The molecule has 0 radical (unpaired) electrons. The molecule has 3 aromatic rings. The lowest BCUT2D eigenvalue weighted by molar-refractivity contribution is -0.116. The van der Waals surface area contributed by atoms with Gasteiger partial charge in [0.1, 0.15) is 11.6 Å². The van der Waals surface area contributed by atoms with Crippen molar-refractivity contribution in [3.8, 4) is 5.75 Å². The number of halogens is 1. The average Bonchev–Trinajstić information content (AvgIpc) is 3.02. The van der Waals surface area contributed by atoms with E-state index in [1.165, 1.54) is 12.1 Å². The van der Waals surface area contributed by atoms with Gasteiger partial charge in [-0.3, -0.25) is 4.79 Å². The van der Waals surface area contributed by atoms with Crippen molar-refractivity contribution in [2.24, 2.45) is 0 Å². The van der Waals surface area contributed by atoms with Crippen molar-refractivity contribution in [3.63, 3.8) is 0 Å². The highest BCUT2D eigenvalue weighted by atomic mass is 19.1. The van der Waals surface area contributed by atoms with Crippen LogP contribution in [0.2, 0.25) is 0 Å². The van der Waals surface area contributed by atoms with Crippen LogP contribution in [0.4, 0.5) is 15.8 Å². The second-order valence-electron chi connectivity index (χ2n) is 8.96. The first-order valence-corrected chi connectivity index (χ1v) is 12.0. The number of hydrogen-bond donors (Lipinski definition) is 2. The van der Waals surface area contributed by atoms with Gasteiger partial charge in [0.05, 0.1) is 24.0 Å². The Hall–Kier alpha value is -3.60. The largest absolute Gasteiger partial charge is 0.493 e. The van der Waals surface area contributed by atoms with E-state index in [0.29, 0.717) is 19.4 Å². The van der Waals surface area contributed by atoms with Crippen LogP contribution in [0.15, 0.2) is 84.1 Å². The lowest BCUT2D eigenvalue weighted by atomic mass is 9.78. The van der Waals surface area contributed by atoms with Crippen molar-refractivity contribution in [3.05, 3.63) is 101 Å². The second-order valence-corrected chi connectivity index (χ2v) is 8.96. The molecule has 0 bridgehead atoms. The number of ketones is 1. The highest BCUT2D eigenvalue weighted by Crippen LogP contribution is 2.45. The van der Waals surface area contributed by atoms with Gasteiger partial charge < -0.3 is 15.4 Å². The molecular formula is C29H29FN2O2. The average molecular weight is 457 g/mol. The molecule has 34 heavy (non-hydrogen) atoms. The van der Waals surface area contributed by atoms with Crippen LogP contribution in [0.1, 0.15) is 55.7 Å². The molecule has 3 aromatic carbocycles. The fourth-order valence-electron chi connectivity index (χ4n) is 4.87. The highest BCUT2D eigenvalue weighted by Gasteiger charge is 2.37. The van der Waals surface area contributed by atoms with Gasteiger partial charge in [0.15, 0.2) is 5.78 Å². The van der Waals surface area contributed by atoms with Crippen LogP contribution in [-0.4, -0.2) is 12.4 Å². The third-order valence-electron chi connectivity index (χ3n) is 6.64. The summed E-state index contributed by atoms with van der Waals surface area (Å²) in [6.45, 7) is 2.78. The fraction of sp³-hybridized carbons (Fsp3) is 0.276. The molecule has 0 aromatic heterocycles. The first-order valence-electron chi connectivity index (χ1n) is 12.0. The molecule has 2 N–H and O–H groups in total. The molecule has 0 fully saturated rings. The van der Waals surface area contributed by atoms with Crippen molar-refractivity contribution in [2.45, 2.75) is 44.6 Å². The summed E-state index contributed by atoms with van der Waals surface area (Å²) in [6, 6.07) is 22.2. The number of fused-ring (bicyclic) bond motifs is 1. The zero-order valence-corrected chi connectivity index (χ0v) is 19.3. The zero-order valence-electron chi connectivity index (χ0n) is 19.3. The monoisotopic (exact) mass is 456 g/mol. The molecule has 0 spiro atoms. The van der Waals surface area contributed by atoms with Gasteiger partial charge in [-0.2, -0.15) is 0 Å². The quantitative estimate of drug-likeness (QED) is 0.393. The van der Waals surface area contributed by atoms with Crippen molar-refractivity contribution in [1.29, 1.82) is 0 Å². The summed E-state index contributed by atoms with van der Waals surface area (Å²) in [5.74, 6) is 0.627. The molecule has 1 heterocycles. The Balaban J connectivity index is 1.57. The lowest BCUT2D eigenvalue weighted by Gasteiger charge is -2.30. The Kier molecular flexibility index (Phi) is 6.35. The number of carbonyl (C=O) groups is 1. The number of rotatable bonds is 6. The van der Waals surface area contributed by atoms with Gasteiger partial charge in [0.25, 0.3) is 0 Å². The van der Waals surface area contributed by atoms with Crippen molar-refractivity contribution >= 4 is 17.2 Å². The molecule has 0 amide bonds. The molecule has 4 nitrogen and oxygen atoms in total. The van der Waals surface area contributed by atoms with E-state index in [1.807, 2.05) is 48.5 Å². The standard InChI is InChI=1S/C29H29FN2O2/c1-2-3-16-34-27-11-7-4-8-22(27)29-28-25(31-23-9-5-6-10-24(23)32-29)17-20(18-26(28)33)19-12-14-21(30)15-13-19/h4-15,20,29,31-32H,2-3,16-18H2,1H3. The van der Waals surface area contributed by atoms with Gasteiger partial charge in [-0.1, -0.05) is 55.8 Å². The Morgan fingerprint density at radius 1 is 0.941 bits per heavy atom. The van der Waals surface area contributed by atoms with Crippen LogP contribution >= 0.6 is 0 Å². The van der Waals surface area contributed by atoms with E-state index in [0.717, 1.165) is 52.4 Å². The zero-order chi connectivity index (χ0) is 23.5. The third kappa shape index (κ3) is 4.43. The molecule has 0 saturated heterocycles. The molecule has 1 aliphatic carbocycles. The van der Waals surface area contributed by atoms with Crippen LogP contribution in [0.3, 0.4) is 0 Å². The maximum atomic E-state index is 13.7. The third-order valence-corrected chi connectivity index (χ3v) is 6.64. The van der Waals surface area contributed by atoms with Crippen LogP contribution in [0.5, 0.6) is 5.75 Å². The fourth-order valence-corrected chi connectivity index (χ4v) is 4.87. The Morgan fingerprint density at radius 2 is 1.68 bits per heavy atom. The number of benzene rings is 3. The van der Waals surface area contributed by atoms with Crippen molar-refractivity contribution < 1.29 is 13.9 Å². The van der Waals surface area contributed by atoms with E-state index in [-0.39, 0.29) is 23.6 Å². The number of unbranched alkanes of at least 4 members (excludes halogenated alkanes) is 1. The van der Waals surface area contributed by atoms with Gasteiger partial charge in [-0.15, -0.1) is 0 Å². The number of anilines is 2. The number of hydrogen-bond acceptors (Lipinski definition) is 4. The normalized spacial score (nSPS) is 19.4. The SMILES string of the molecule is CCCCOc1ccccc1C1Nc2ccccc2NC2=C1C(=O)CC(c1ccc(F)cc1)C2. The molecule has 2 unspecified atom stereocenters. The summed E-state index contributed by atoms with van der Waals surface area (Å²) in [5.41, 5.74) is 5.48. The minimum absolute atomic E-state index is 0.00121. The summed E-state index contributed by atoms with van der Waals surface area (Å²) >= 11 is 0. The van der Waals surface area contributed by atoms with E-state index in [2.05, 4.69) is 17.6 Å². The number of allylic oxidation sites excluding steroid dienone is 1. The van der Waals surface area contributed by atoms with E-state index in [1.54, 1.807) is 12.1 Å². The van der Waals surface area contributed by atoms with Gasteiger partial charge in [-0.25, -0.2) is 4.39 Å². The number of nitrogens with one attached hydrogen (secondary N) is 2. The topological polar surface area (TPSA) is 50.4 Å². The van der Waals surface area contributed by atoms with Crippen LogP contribution in [0.25, 0.3) is 0 Å². The van der Waals surface area contributed by atoms with Crippen LogP contribution in [-0.2, 0) is 4.79 Å². The predicted molar refractivity (Wildman–Crippen MR) is 134 cm³/mol. The minimum atomic E-state index is -0.328. The molecule has 5 heteroatoms. The molecule has 174 valence electrons. The summed E-state index contributed by atoms with van der Waals surface area (Å²) in [4.78, 5) is 13.7. The van der Waals surface area contributed by atoms with E-state index in [4.69, 9.17) is 4.74 Å². The Labute approximate surface area is 199 Å². The molecule has 1 aliphatic heterocycles. The number of carbonyl (C=O) groups excluding carboxylic acids is 1. The molecule has 0 saturated carbocycles. The van der Waals surface area contributed by atoms with Crippen LogP contribution < -0.4 is 15.4 Å². The molecular weight excluding hydrogens is 427 g/mol.